The molecule has 4 rings (SSSR count). The second kappa shape index (κ2) is 7.06. The van der Waals surface area contributed by atoms with Gasteiger partial charge in [0.1, 0.15) is 5.69 Å². The van der Waals surface area contributed by atoms with Crippen LogP contribution in [0.4, 0.5) is 0 Å². The Bertz CT molecular complexity index is 1070. The van der Waals surface area contributed by atoms with Crippen LogP contribution in [0.25, 0.3) is 22.3 Å². The maximum Gasteiger partial charge on any atom is 0.271 e. The second-order valence-corrected chi connectivity index (χ2v) is 5.71. The molecular formula is C20H15N5O. The zero-order valence-corrected chi connectivity index (χ0v) is 13.8. The first-order valence-corrected chi connectivity index (χ1v) is 8.15. The van der Waals surface area contributed by atoms with Crippen molar-refractivity contribution in [2.45, 2.75) is 6.54 Å². The molecule has 0 bridgehead atoms. The first-order valence-electron chi connectivity index (χ1n) is 8.15. The molecule has 0 aliphatic rings. The van der Waals surface area contributed by atoms with Crippen molar-refractivity contribution in [3.8, 4) is 11.3 Å². The topological polar surface area (TPSA) is 80.7 Å². The Kier molecular flexibility index (Phi) is 4.30. The SMILES string of the molecule is O=C(NCc1ccnc(-c2ccncc2)c1)c1cnc2ccccc2n1. The number of aromatic nitrogens is 4. The van der Waals surface area contributed by atoms with Crippen molar-refractivity contribution in [1.82, 2.24) is 25.3 Å². The lowest BCUT2D eigenvalue weighted by atomic mass is 10.1. The van der Waals surface area contributed by atoms with Gasteiger partial charge in [-0.1, -0.05) is 12.1 Å². The largest absolute Gasteiger partial charge is 0.347 e. The van der Waals surface area contributed by atoms with Gasteiger partial charge in [-0.3, -0.25) is 19.7 Å². The number of carbonyl (C=O) groups is 1. The number of pyridine rings is 2. The number of hydrogen-bond donors (Lipinski definition) is 1. The van der Waals surface area contributed by atoms with E-state index in [1.165, 1.54) is 6.20 Å². The molecule has 1 aromatic carbocycles. The highest BCUT2D eigenvalue weighted by Crippen LogP contribution is 2.16. The molecule has 3 aromatic heterocycles. The number of carbonyl (C=O) groups excluding carboxylic acids is 1. The van der Waals surface area contributed by atoms with Gasteiger partial charge in [0.05, 0.1) is 22.9 Å². The summed E-state index contributed by atoms with van der Waals surface area (Å²) in [6.45, 7) is 0.383. The number of nitrogens with zero attached hydrogens (tertiary/aromatic N) is 4. The fraction of sp³-hybridized carbons (Fsp3) is 0.0500. The molecule has 6 heteroatoms. The maximum absolute atomic E-state index is 12.4. The van der Waals surface area contributed by atoms with Crippen LogP contribution < -0.4 is 5.32 Å². The van der Waals surface area contributed by atoms with Crippen LogP contribution in [-0.4, -0.2) is 25.8 Å². The van der Waals surface area contributed by atoms with Crippen LogP contribution in [0.5, 0.6) is 0 Å². The Morgan fingerprint density at radius 3 is 2.58 bits per heavy atom. The Morgan fingerprint density at radius 2 is 1.73 bits per heavy atom. The molecule has 4 aromatic rings. The van der Waals surface area contributed by atoms with E-state index in [9.17, 15) is 4.79 Å². The molecule has 0 aliphatic heterocycles. The smallest absolute Gasteiger partial charge is 0.271 e. The lowest BCUT2D eigenvalue weighted by Gasteiger charge is -2.07. The van der Waals surface area contributed by atoms with E-state index in [0.717, 1.165) is 22.3 Å². The molecule has 0 aliphatic carbocycles. The van der Waals surface area contributed by atoms with Gasteiger partial charge in [0.15, 0.2) is 0 Å². The molecule has 0 fully saturated rings. The fourth-order valence-electron chi connectivity index (χ4n) is 2.60. The molecule has 0 radical (unpaired) electrons. The third-order valence-electron chi connectivity index (χ3n) is 3.93. The number of nitrogens with one attached hydrogen (secondary N) is 1. The fourth-order valence-corrected chi connectivity index (χ4v) is 2.60. The molecule has 1 amide bonds. The van der Waals surface area contributed by atoms with Crippen LogP contribution in [0.3, 0.4) is 0 Å². The number of hydrogen-bond acceptors (Lipinski definition) is 5. The highest BCUT2D eigenvalue weighted by Gasteiger charge is 2.09. The third-order valence-corrected chi connectivity index (χ3v) is 3.93. The van der Waals surface area contributed by atoms with Gasteiger partial charge in [-0.2, -0.15) is 0 Å². The first kappa shape index (κ1) is 15.8. The Hall–Kier alpha value is -3.67. The Labute approximate surface area is 150 Å². The van der Waals surface area contributed by atoms with E-state index in [1.54, 1.807) is 18.6 Å². The molecule has 0 unspecified atom stereocenters. The predicted octanol–water partition coefficient (Wildman–Crippen LogP) is 3.02. The van der Waals surface area contributed by atoms with Crippen LogP contribution in [0, 0.1) is 0 Å². The van der Waals surface area contributed by atoms with E-state index in [-0.39, 0.29) is 5.91 Å². The van der Waals surface area contributed by atoms with Crippen molar-refractivity contribution in [3.63, 3.8) is 0 Å². The van der Waals surface area contributed by atoms with E-state index in [0.29, 0.717) is 17.8 Å². The Balaban J connectivity index is 1.49. The van der Waals surface area contributed by atoms with Gasteiger partial charge < -0.3 is 5.32 Å². The average molecular weight is 341 g/mol. The maximum atomic E-state index is 12.4. The summed E-state index contributed by atoms with van der Waals surface area (Å²) in [4.78, 5) is 29.4. The summed E-state index contributed by atoms with van der Waals surface area (Å²) in [6.07, 6.45) is 6.67. The normalized spacial score (nSPS) is 10.6. The van der Waals surface area contributed by atoms with Gasteiger partial charge in [0.25, 0.3) is 5.91 Å². The molecule has 0 saturated carbocycles. The van der Waals surface area contributed by atoms with E-state index in [1.807, 2.05) is 48.5 Å². The Morgan fingerprint density at radius 1 is 0.923 bits per heavy atom. The summed E-state index contributed by atoms with van der Waals surface area (Å²) in [5.41, 5.74) is 4.53. The van der Waals surface area contributed by atoms with E-state index in [2.05, 4.69) is 25.3 Å². The van der Waals surface area contributed by atoms with Gasteiger partial charge in [0, 0.05) is 30.7 Å². The minimum atomic E-state index is -0.259. The monoisotopic (exact) mass is 341 g/mol. The molecule has 1 N–H and O–H groups in total. The molecule has 0 atom stereocenters. The minimum Gasteiger partial charge on any atom is -0.347 e. The quantitative estimate of drug-likeness (QED) is 0.617. The minimum absolute atomic E-state index is 0.259. The summed E-state index contributed by atoms with van der Waals surface area (Å²) in [5, 5.41) is 2.88. The van der Waals surface area contributed by atoms with Gasteiger partial charge in [-0.25, -0.2) is 4.98 Å². The molecule has 26 heavy (non-hydrogen) atoms. The summed E-state index contributed by atoms with van der Waals surface area (Å²) in [7, 11) is 0. The zero-order valence-electron chi connectivity index (χ0n) is 13.8. The van der Waals surface area contributed by atoms with Gasteiger partial charge in [-0.15, -0.1) is 0 Å². The second-order valence-electron chi connectivity index (χ2n) is 5.71. The van der Waals surface area contributed by atoms with Gasteiger partial charge >= 0.3 is 0 Å². The standard InChI is InChI=1S/C20H15N5O/c26-20(19-13-23-16-3-1-2-4-17(16)25-19)24-12-14-5-10-22-18(11-14)15-6-8-21-9-7-15/h1-11,13H,12H2,(H,24,26). The third kappa shape index (κ3) is 3.39. The van der Waals surface area contributed by atoms with E-state index in [4.69, 9.17) is 0 Å². The number of rotatable bonds is 4. The molecule has 6 nitrogen and oxygen atoms in total. The van der Waals surface area contributed by atoms with Crippen LogP contribution in [0.1, 0.15) is 16.1 Å². The van der Waals surface area contributed by atoms with Crippen LogP contribution in [0.2, 0.25) is 0 Å². The number of fused-ring (bicyclic) bond motifs is 1. The van der Waals surface area contributed by atoms with Crippen LogP contribution in [0.15, 0.2) is 73.3 Å². The van der Waals surface area contributed by atoms with Gasteiger partial charge in [-0.05, 0) is 42.0 Å². The molecule has 126 valence electrons. The van der Waals surface area contributed by atoms with Crippen molar-refractivity contribution < 1.29 is 4.79 Å². The van der Waals surface area contributed by atoms with Crippen molar-refractivity contribution in [2.75, 3.05) is 0 Å². The average Bonchev–Trinajstić information content (AvgIpc) is 2.72. The first-order chi connectivity index (χ1) is 12.8. The lowest BCUT2D eigenvalue weighted by molar-refractivity contribution is 0.0946. The summed E-state index contributed by atoms with van der Waals surface area (Å²) < 4.78 is 0. The summed E-state index contributed by atoms with van der Waals surface area (Å²) in [6, 6.07) is 15.1. The van der Waals surface area contributed by atoms with Crippen molar-refractivity contribution >= 4 is 16.9 Å². The van der Waals surface area contributed by atoms with Crippen LogP contribution >= 0.6 is 0 Å². The van der Waals surface area contributed by atoms with Gasteiger partial charge in [0.2, 0.25) is 0 Å². The highest BCUT2D eigenvalue weighted by atomic mass is 16.1. The van der Waals surface area contributed by atoms with Crippen LogP contribution in [-0.2, 0) is 6.54 Å². The lowest BCUT2D eigenvalue weighted by Crippen LogP contribution is -2.24. The molecule has 0 spiro atoms. The van der Waals surface area contributed by atoms with E-state index < -0.39 is 0 Å². The number of amides is 1. The summed E-state index contributed by atoms with van der Waals surface area (Å²) >= 11 is 0. The molecule has 0 saturated heterocycles. The number of para-hydroxylation sites is 2. The predicted molar refractivity (Wildman–Crippen MR) is 98.2 cm³/mol. The van der Waals surface area contributed by atoms with Crippen molar-refractivity contribution in [2.24, 2.45) is 0 Å². The highest BCUT2D eigenvalue weighted by molar-refractivity contribution is 5.93. The molecule has 3 heterocycles. The molecular weight excluding hydrogens is 326 g/mol. The van der Waals surface area contributed by atoms with Crippen molar-refractivity contribution in [1.29, 1.82) is 0 Å². The van der Waals surface area contributed by atoms with E-state index >= 15 is 0 Å². The number of benzene rings is 1. The van der Waals surface area contributed by atoms with Crippen molar-refractivity contribution in [3.05, 3.63) is 84.6 Å². The zero-order chi connectivity index (χ0) is 17.8. The summed E-state index contributed by atoms with van der Waals surface area (Å²) in [5.74, 6) is -0.259.